The molecule has 3 aliphatic rings. The summed E-state index contributed by atoms with van der Waals surface area (Å²) in [7, 11) is 0. The van der Waals surface area contributed by atoms with E-state index in [1.54, 1.807) is 4.90 Å². The lowest BCUT2D eigenvalue weighted by atomic mass is 9.78. The van der Waals surface area contributed by atoms with Gasteiger partial charge in [-0.25, -0.2) is 0 Å². The van der Waals surface area contributed by atoms with E-state index < -0.39 is 17.4 Å². The van der Waals surface area contributed by atoms with Crippen molar-refractivity contribution < 1.29 is 22.8 Å². The number of carbonyl (C=O) groups excluding carboxylic acids is 2. The van der Waals surface area contributed by atoms with Gasteiger partial charge in [-0.15, -0.1) is 10.2 Å². The van der Waals surface area contributed by atoms with Crippen LogP contribution in [-0.2, 0) is 28.9 Å². The van der Waals surface area contributed by atoms with Crippen molar-refractivity contribution in [2.45, 2.75) is 57.8 Å². The molecule has 0 bridgehead atoms. The maximum atomic E-state index is 13.6. The van der Waals surface area contributed by atoms with Gasteiger partial charge in [0, 0.05) is 63.4 Å². The summed E-state index contributed by atoms with van der Waals surface area (Å²) < 4.78 is 40.7. The van der Waals surface area contributed by atoms with E-state index in [0.29, 0.717) is 19.5 Å². The Bertz CT molecular complexity index is 1430. The molecule has 3 heterocycles. The number of rotatable bonds is 6. The molecule has 8 nitrogen and oxygen atoms in total. The molecule has 0 N–H and O–H groups in total. The van der Waals surface area contributed by atoms with Crippen LogP contribution >= 0.6 is 0 Å². The second-order valence-corrected chi connectivity index (χ2v) is 11.7. The molecule has 0 spiro atoms. The van der Waals surface area contributed by atoms with Crippen molar-refractivity contribution in [2.24, 2.45) is 5.41 Å². The first kappa shape index (κ1) is 28.2. The van der Waals surface area contributed by atoms with E-state index in [9.17, 15) is 22.8 Å². The van der Waals surface area contributed by atoms with E-state index in [-0.39, 0.29) is 43.7 Å². The third-order valence-electron chi connectivity index (χ3n) is 9.04. The molecule has 2 aromatic carbocycles. The minimum absolute atomic E-state index is 0.00163. The molecular formula is C31H35F3N6O2. The van der Waals surface area contributed by atoms with Crippen molar-refractivity contribution in [1.29, 1.82) is 0 Å². The fourth-order valence-corrected chi connectivity index (χ4v) is 6.79. The van der Waals surface area contributed by atoms with Crippen molar-refractivity contribution in [3.05, 3.63) is 66.2 Å². The van der Waals surface area contributed by atoms with E-state index in [0.717, 1.165) is 54.6 Å². The molecule has 0 radical (unpaired) electrons. The zero-order chi connectivity index (χ0) is 29.3. The largest absolute Gasteiger partial charge is 0.451 e. The van der Waals surface area contributed by atoms with Gasteiger partial charge >= 0.3 is 6.18 Å². The van der Waals surface area contributed by atoms with Crippen LogP contribution in [0.25, 0.3) is 11.1 Å². The van der Waals surface area contributed by atoms with Crippen LogP contribution in [0.2, 0.25) is 0 Å². The number of carbonyl (C=O) groups is 2. The van der Waals surface area contributed by atoms with Crippen LogP contribution in [0.4, 0.5) is 18.9 Å². The molecule has 1 aliphatic carbocycles. The predicted molar refractivity (Wildman–Crippen MR) is 151 cm³/mol. The molecule has 2 fully saturated rings. The molecule has 1 saturated heterocycles. The Labute approximate surface area is 243 Å². The van der Waals surface area contributed by atoms with Crippen LogP contribution in [0, 0.1) is 5.41 Å². The smallest absolute Gasteiger partial charge is 0.367 e. The summed E-state index contributed by atoms with van der Waals surface area (Å²) in [5.74, 6) is -0.931. The Kier molecular flexibility index (Phi) is 7.67. The average Bonchev–Trinajstić information content (AvgIpc) is 3.64. The number of benzene rings is 2. The van der Waals surface area contributed by atoms with Crippen LogP contribution in [0.1, 0.15) is 50.2 Å². The van der Waals surface area contributed by atoms with Crippen molar-refractivity contribution >= 4 is 17.5 Å². The van der Waals surface area contributed by atoms with Crippen molar-refractivity contribution in [2.75, 3.05) is 37.6 Å². The van der Waals surface area contributed by atoms with E-state index in [2.05, 4.69) is 39.4 Å². The minimum Gasteiger partial charge on any atom is -0.367 e. The second-order valence-electron chi connectivity index (χ2n) is 11.7. The fourth-order valence-electron chi connectivity index (χ4n) is 6.79. The summed E-state index contributed by atoms with van der Waals surface area (Å²) in [4.78, 5) is 32.8. The lowest BCUT2D eigenvalue weighted by molar-refractivity contribution is -0.148. The minimum atomic E-state index is -4.58. The number of hydrogen-bond donors (Lipinski definition) is 0. The van der Waals surface area contributed by atoms with Crippen LogP contribution < -0.4 is 4.90 Å². The van der Waals surface area contributed by atoms with Crippen LogP contribution in [0.5, 0.6) is 0 Å². The quantitative estimate of drug-likeness (QED) is 0.411. The first-order valence-electron chi connectivity index (χ1n) is 14.7. The van der Waals surface area contributed by atoms with Gasteiger partial charge in [0.2, 0.25) is 17.6 Å². The molecule has 0 atom stereocenters. The summed E-state index contributed by atoms with van der Waals surface area (Å²) in [6.07, 6.45) is -0.497. The molecule has 42 heavy (non-hydrogen) atoms. The second kappa shape index (κ2) is 11.4. The van der Waals surface area contributed by atoms with Gasteiger partial charge in [-0.05, 0) is 29.9 Å². The summed E-state index contributed by atoms with van der Waals surface area (Å²) in [6.45, 7) is 2.88. The van der Waals surface area contributed by atoms with Gasteiger partial charge in [-0.1, -0.05) is 61.4 Å². The highest BCUT2D eigenvalue weighted by atomic mass is 19.4. The Morgan fingerprint density at radius 2 is 1.38 bits per heavy atom. The molecule has 2 amide bonds. The van der Waals surface area contributed by atoms with Crippen molar-refractivity contribution in [3.63, 3.8) is 0 Å². The number of nitrogens with zero attached hydrogens (tertiary/aromatic N) is 6. The van der Waals surface area contributed by atoms with Gasteiger partial charge in [0.1, 0.15) is 0 Å². The summed E-state index contributed by atoms with van der Waals surface area (Å²) in [5.41, 5.74) is 3.09. The Morgan fingerprint density at radius 3 is 2.07 bits per heavy atom. The SMILES string of the molecule is O=C(CC1(CC(=O)N2CCn3c(nnc3C(F)(F)F)C2)CCCC1)N1CCN(c2ccccc2-c2ccccc2)CC1. The van der Waals surface area contributed by atoms with Gasteiger partial charge in [0.05, 0.1) is 6.54 Å². The number of hydrogen-bond acceptors (Lipinski definition) is 5. The molecule has 1 saturated carbocycles. The molecule has 1 aromatic heterocycles. The summed E-state index contributed by atoms with van der Waals surface area (Å²) in [5, 5.41) is 7.01. The standard InChI is InChI=1S/C31H35F3N6O2/c32-31(33,34)29-36-35-26-22-39(18-19-40(26)29)28(42)21-30(12-6-7-13-30)20-27(41)38-16-14-37(15-17-38)25-11-5-4-10-24(25)23-8-2-1-3-9-23/h1-5,8-11H,6-7,12-22H2. The Hall–Kier alpha value is -3.89. The Morgan fingerprint density at radius 1 is 0.762 bits per heavy atom. The molecule has 11 heteroatoms. The van der Waals surface area contributed by atoms with E-state index in [1.807, 2.05) is 35.2 Å². The zero-order valence-electron chi connectivity index (χ0n) is 23.5. The first-order valence-corrected chi connectivity index (χ1v) is 14.7. The highest BCUT2D eigenvalue weighted by Crippen LogP contribution is 2.45. The van der Waals surface area contributed by atoms with E-state index in [4.69, 9.17) is 0 Å². The van der Waals surface area contributed by atoms with Crippen molar-refractivity contribution in [3.8, 4) is 11.1 Å². The highest BCUT2D eigenvalue weighted by molar-refractivity contribution is 5.82. The normalized spacial score (nSPS) is 18.7. The highest BCUT2D eigenvalue weighted by Gasteiger charge is 2.43. The lowest BCUT2D eigenvalue weighted by Crippen LogP contribution is -2.50. The fraction of sp³-hybridized carbons (Fsp3) is 0.484. The number of anilines is 1. The van der Waals surface area contributed by atoms with Gasteiger partial charge in [-0.2, -0.15) is 13.2 Å². The maximum absolute atomic E-state index is 13.6. The molecule has 2 aliphatic heterocycles. The lowest BCUT2D eigenvalue weighted by Gasteiger charge is -2.39. The average molecular weight is 581 g/mol. The van der Waals surface area contributed by atoms with Crippen molar-refractivity contribution in [1.82, 2.24) is 24.6 Å². The summed E-state index contributed by atoms with van der Waals surface area (Å²) in [6, 6.07) is 18.6. The van der Waals surface area contributed by atoms with Gasteiger partial charge in [-0.3, -0.25) is 9.59 Å². The van der Waals surface area contributed by atoms with Gasteiger partial charge < -0.3 is 19.3 Å². The summed E-state index contributed by atoms with van der Waals surface area (Å²) >= 11 is 0. The van der Waals surface area contributed by atoms with E-state index >= 15 is 0 Å². The van der Waals surface area contributed by atoms with Gasteiger partial charge in [0.25, 0.3) is 0 Å². The molecule has 3 aromatic rings. The molecular weight excluding hydrogens is 545 g/mol. The molecule has 0 unspecified atom stereocenters. The number of para-hydroxylation sites is 1. The zero-order valence-corrected chi connectivity index (χ0v) is 23.5. The van der Waals surface area contributed by atoms with E-state index in [1.165, 1.54) is 5.56 Å². The van der Waals surface area contributed by atoms with Crippen LogP contribution in [-0.4, -0.2) is 69.1 Å². The third-order valence-corrected chi connectivity index (χ3v) is 9.04. The molecule has 222 valence electrons. The first-order chi connectivity index (χ1) is 20.2. The van der Waals surface area contributed by atoms with Gasteiger partial charge in [0.15, 0.2) is 5.82 Å². The third kappa shape index (κ3) is 5.73. The number of aromatic nitrogens is 3. The Balaban J connectivity index is 1.07. The number of piperazine rings is 1. The predicted octanol–water partition coefficient (Wildman–Crippen LogP) is 5.00. The van der Waals surface area contributed by atoms with Crippen LogP contribution in [0.3, 0.4) is 0 Å². The number of alkyl halides is 3. The number of amides is 2. The maximum Gasteiger partial charge on any atom is 0.451 e. The number of fused-ring (bicyclic) bond motifs is 1. The number of halogens is 3. The van der Waals surface area contributed by atoms with Crippen LogP contribution in [0.15, 0.2) is 54.6 Å². The monoisotopic (exact) mass is 580 g/mol. The molecule has 6 rings (SSSR count). The topological polar surface area (TPSA) is 74.6 Å².